The first-order valence-corrected chi connectivity index (χ1v) is 7.27. The molecule has 20 heavy (non-hydrogen) atoms. The number of ketones is 1. The van der Waals surface area contributed by atoms with Gasteiger partial charge < -0.3 is 0 Å². The Morgan fingerprint density at radius 3 is 1.40 bits per heavy atom. The maximum atomic E-state index is 11.8. The van der Waals surface area contributed by atoms with Crippen LogP contribution in [0.5, 0.6) is 0 Å². The second-order valence-electron chi connectivity index (χ2n) is 4.94. The summed E-state index contributed by atoms with van der Waals surface area (Å²) in [4.78, 5) is 11.8. The first-order valence-electron chi connectivity index (χ1n) is 7.27. The molecule has 0 aromatic heterocycles. The number of fused-ring (bicyclic) bond motifs is 6. The summed E-state index contributed by atoms with van der Waals surface area (Å²) in [5.74, 6) is 0.339. The first-order chi connectivity index (χ1) is 9.84. The van der Waals surface area contributed by atoms with Crippen molar-refractivity contribution in [3.63, 3.8) is 0 Å². The fourth-order valence-corrected chi connectivity index (χ4v) is 3.15. The Kier molecular flexibility index (Phi) is 3.27. The van der Waals surface area contributed by atoms with Crippen molar-refractivity contribution >= 4 is 27.3 Å². The summed E-state index contributed by atoms with van der Waals surface area (Å²) in [7, 11) is 0. The summed E-state index contributed by atoms with van der Waals surface area (Å²) in [5.41, 5.74) is 2.49. The molecule has 0 heterocycles. The van der Waals surface area contributed by atoms with Crippen molar-refractivity contribution in [3.05, 3.63) is 59.7 Å². The van der Waals surface area contributed by atoms with Crippen LogP contribution in [0.15, 0.2) is 48.5 Å². The third-order valence-electron chi connectivity index (χ3n) is 3.91. The third-order valence-corrected chi connectivity index (χ3v) is 3.91. The van der Waals surface area contributed by atoms with E-state index in [1.54, 1.807) is 0 Å². The summed E-state index contributed by atoms with van der Waals surface area (Å²) < 4.78 is 0. The molecule has 0 fully saturated rings. The quantitative estimate of drug-likeness (QED) is 0.537. The van der Waals surface area contributed by atoms with Gasteiger partial charge >= 0.3 is 0 Å². The van der Waals surface area contributed by atoms with Crippen LogP contribution >= 0.6 is 0 Å². The molecule has 1 heteroatoms. The minimum absolute atomic E-state index is 0.339. The van der Waals surface area contributed by atoms with Crippen LogP contribution in [0.1, 0.15) is 25.0 Å². The van der Waals surface area contributed by atoms with Crippen LogP contribution in [0.2, 0.25) is 0 Å². The zero-order valence-corrected chi connectivity index (χ0v) is 11.9. The second-order valence-corrected chi connectivity index (χ2v) is 4.94. The van der Waals surface area contributed by atoms with E-state index < -0.39 is 0 Å². The van der Waals surface area contributed by atoms with E-state index in [2.05, 4.69) is 48.5 Å². The van der Waals surface area contributed by atoms with Gasteiger partial charge in [0.25, 0.3) is 0 Å². The Morgan fingerprint density at radius 1 is 0.650 bits per heavy atom. The van der Waals surface area contributed by atoms with Gasteiger partial charge in [-0.15, -0.1) is 0 Å². The van der Waals surface area contributed by atoms with Gasteiger partial charge in [-0.2, -0.15) is 0 Å². The van der Waals surface area contributed by atoms with Gasteiger partial charge in [0.2, 0.25) is 0 Å². The number of rotatable bonds is 0. The summed E-state index contributed by atoms with van der Waals surface area (Å²) in [6.45, 7) is 4.00. The maximum absolute atomic E-state index is 11.8. The molecule has 0 amide bonds. The van der Waals surface area contributed by atoms with Crippen molar-refractivity contribution in [2.75, 3.05) is 0 Å². The number of benzene rings is 3. The number of hydrogen-bond acceptors (Lipinski definition) is 1. The van der Waals surface area contributed by atoms with Gasteiger partial charge in [0.1, 0.15) is 5.78 Å². The van der Waals surface area contributed by atoms with Gasteiger partial charge in [-0.1, -0.05) is 62.4 Å². The molecule has 0 bridgehead atoms. The van der Waals surface area contributed by atoms with Crippen LogP contribution in [-0.4, -0.2) is 5.78 Å². The van der Waals surface area contributed by atoms with Gasteiger partial charge in [-0.05, 0) is 32.7 Å². The molecule has 0 radical (unpaired) electrons. The fraction of sp³-hybridized carbons (Fsp3) is 0.211. The molecular weight excluding hydrogens is 244 g/mol. The summed E-state index contributed by atoms with van der Waals surface area (Å²) in [5, 5.41) is 5.03. The monoisotopic (exact) mass is 262 g/mol. The first kappa shape index (κ1) is 12.9. The highest BCUT2D eigenvalue weighted by Gasteiger charge is 2.23. The Bertz CT molecular complexity index is 733. The van der Waals surface area contributed by atoms with Gasteiger partial charge in [-0.25, -0.2) is 0 Å². The van der Waals surface area contributed by atoms with Gasteiger partial charge in [0, 0.05) is 12.8 Å². The van der Waals surface area contributed by atoms with E-state index in [1.807, 2.05) is 13.8 Å². The van der Waals surface area contributed by atoms with Crippen molar-refractivity contribution in [3.8, 4) is 0 Å². The van der Waals surface area contributed by atoms with Crippen LogP contribution < -0.4 is 0 Å². The smallest absolute Gasteiger partial charge is 0.141 e. The lowest BCUT2D eigenvalue weighted by molar-refractivity contribution is -0.117. The minimum Gasteiger partial charge on any atom is -0.299 e. The SMILES string of the molecule is CC.O=C1Cc2c(c3ccccc3c3ccccc23)C1. The fourth-order valence-electron chi connectivity index (χ4n) is 3.15. The highest BCUT2D eigenvalue weighted by atomic mass is 16.1. The lowest BCUT2D eigenvalue weighted by Crippen LogP contribution is -1.92. The molecule has 0 unspecified atom stereocenters. The molecule has 0 aliphatic heterocycles. The average molecular weight is 262 g/mol. The lowest BCUT2D eigenvalue weighted by Gasteiger charge is -2.10. The topological polar surface area (TPSA) is 17.1 Å². The minimum atomic E-state index is 0.339. The van der Waals surface area contributed by atoms with Gasteiger partial charge in [0.15, 0.2) is 0 Å². The van der Waals surface area contributed by atoms with Crippen molar-refractivity contribution in [1.29, 1.82) is 0 Å². The van der Waals surface area contributed by atoms with E-state index >= 15 is 0 Å². The Morgan fingerprint density at radius 2 is 1.00 bits per heavy atom. The van der Waals surface area contributed by atoms with Gasteiger partial charge in [-0.3, -0.25) is 4.79 Å². The maximum Gasteiger partial charge on any atom is 0.141 e. The number of hydrogen-bond donors (Lipinski definition) is 0. The molecule has 1 nitrogen and oxygen atoms in total. The molecule has 0 atom stereocenters. The van der Waals surface area contributed by atoms with E-state index in [9.17, 15) is 4.79 Å². The van der Waals surface area contributed by atoms with E-state index in [0.29, 0.717) is 18.6 Å². The van der Waals surface area contributed by atoms with Crippen LogP contribution in [0, 0.1) is 0 Å². The summed E-state index contributed by atoms with van der Waals surface area (Å²) in [6.07, 6.45) is 1.20. The molecule has 0 spiro atoms. The normalized spacial score (nSPS) is 13.2. The van der Waals surface area contributed by atoms with Crippen molar-refractivity contribution in [2.45, 2.75) is 26.7 Å². The standard InChI is InChI=1S/C17H12O.C2H6/c18-11-9-16-14-7-3-1-5-12(14)13-6-2-4-8-15(13)17(16)10-11;1-2/h1-8H,9-10H2;1-2H3. The number of carbonyl (C=O) groups is 1. The molecule has 1 aliphatic rings. The largest absolute Gasteiger partial charge is 0.299 e. The molecular formula is C19H18O. The summed E-state index contributed by atoms with van der Waals surface area (Å²) in [6, 6.07) is 16.8. The van der Waals surface area contributed by atoms with Crippen LogP contribution in [0.25, 0.3) is 21.5 Å². The lowest BCUT2D eigenvalue weighted by atomic mass is 9.93. The predicted molar refractivity (Wildman–Crippen MR) is 85.2 cm³/mol. The Balaban J connectivity index is 0.000000581. The van der Waals surface area contributed by atoms with Crippen molar-refractivity contribution in [2.24, 2.45) is 0 Å². The van der Waals surface area contributed by atoms with Crippen molar-refractivity contribution in [1.82, 2.24) is 0 Å². The highest BCUT2D eigenvalue weighted by Crippen LogP contribution is 2.36. The zero-order valence-electron chi connectivity index (χ0n) is 11.9. The van der Waals surface area contributed by atoms with Crippen molar-refractivity contribution < 1.29 is 4.79 Å². The Labute approximate surface area is 119 Å². The molecule has 0 N–H and O–H groups in total. The molecule has 3 aromatic rings. The van der Waals surface area contributed by atoms with E-state index in [4.69, 9.17) is 0 Å². The highest BCUT2D eigenvalue weighted by molar-refractivity contribution is 6.14. The summed E-state index contributed by atoms with van der Waals surface area (Å²) >= 11 is 0. The van der Waals surface area contributed by atoms with Crippen LogP contribution in [-0.2, 0) is 17.6 Å². The molecule has 4 rings (SSSR count). The molecule has 3 aromatic carbocycles. The van der Waals surface area contributed by atoms with Gasteiger partial charge in [0.05, 0.1) is 0 Å². The van der Waals surface area contributed by atoms with Crippen LogP contribution in [0.3, 0.4) is 0 Å². The van der Waals surface area contributed by atoms with E-state index in [-0.39, 0.29) is 0 Å². The van der Waals surface area contributed by atoms with E-state index in [1.165, 1.54) is 32.7 Å². The van der Waals surface area contributed by atoms with Crippen LogP contribution in [0.4, 0.5) is 0 Å². The average Bonchev–Trinajstić information content (AvgIpc) is 2.92. The second kappa shape index (κ2) is 5.09. The third kappa shape index (κ3) is 1.82. The van der Waals surface area contributed by atoms with E-state index in [0.717, 1.165) is 0 Å². The molecule has 1 aliphatic carbocycles. The Hall–Kier alpha value is -2.15. The molecule has 100 valence electrons. The number of carbonyl (C=O) groups excluding carboxylic acids is 1. The number of Topliss-reactive ketones (excluding diaryl/α,β-unsaturated/α-hetero) is 1. The zero-order chi connectivity index (χ0) is 14.1. The molecule has 0 saturated heterocycles. The predicted octanol–water partition coefficient (Wildman–Crippen LogP) is 4.69. The molecule has 0 saturated carbocycles.